The minimum atomic E-state index is -0.517. The molecule has 0 aromatic heterocycles. The molecule has 4 heteroatoms. The van der Waals surface area contributed by atoms with E-state index in [1.54, 1.807) is 84.9 Å². The highest BCUT2D eigenvalue weighted by atomic mass is 16.5. The molecule has 0 saturated carbocycles. The van der Waals surface area contributed by atoms with Gasteiger partial charge < -0.3 is 9.47 Å². The zero-order valence-corrected chi connectivity index (χ0v) is 16.9. The van der Waals surface area contributed by atoms with Crippen LogP contribution in [-0.4, -0.2) is 11.9 Å². The monoisotopic (exact) mass is 416 g/mol. The Kier molecular flexibility index (Phi) is 5.70. The lowest BCUT2D eigenvalue weighted by atomic mass is 10.1. The number of fused-ring (bicyclic) bond motifs is 1. The second-order valence-electron chi connectivity index (χ2n) is 6.83. The van der Waals surface area contributed by atoms with E-state index in [0.29, 0.717) is 44.5 Å². The fraction of sp³-hybridized carbons (Fsp3) is 0. The van der Waals surface area contributed by atoms with Gasteiger partial charge in [-0.1, -0.05) is 36.1 Å². The maximum Gasteiger partial charge on any atom is 0.343 e. The van der Waals surface area contributed by atoms with Gasteiger partial charge in [-0.15, -0.1) is 12.8 Å². The van der Waals surface area contributed by atoms with E-state index in [4.69, 9.17) is 22.3 Å². The van der Waals surface area contributed by atoms with Crippen LogP contribution in [-0.2, 0) is 0 Å². The van der Waals surface area contributed by atoms with E-state index in [0.717, 1.165) is 0 Å². The SMILES string of the molecule is C#Cc1ccc(C(=O)Oc2cccc3c(OC(=O)c4ccc(C#C)cc4)cccc23)cc1. The fourth-order valence-corrected chi connectivity index (χ4v) is 3.15. The van der Waals surface area contributed by atoms with Crippen LogP contribution in [0.2, 0.25) is 0 Å². The molecular formula is C28H16O4. The quantitative estimate of drug-likeness (QED) is 0.259. The molecule has 32 heavy (non-hydrogen) atoms. The summed E-state index contributed by atoms with van der Waals surface area (Å²) in [5.74, 6) is 4.68. The lowest BCUT2D eigenvalue weighted by Gasteiger charge is -2.11. The molecule has 0 N–H and O–H groups in total. The van der Waals surface area contributed by atoms with E-state index in [-0.39, 0.29) is 0 Å². The highest BCUT2D eigenvalue weighted by molar-refractivity contribution is 5.99. The first kappa shape index (κ1) is 20.5. The Morgan fingerprint density at radius 3 is 1.28 bits per heavy atom. The van der Waals surface area contributed by atoms with Gasteiger partial charge in [-0.3, -0.25) is 0 Å². The van der Waals surface area contributed by atoms with E-state index in [2.05, 4.69) is 11.8 Å². The normalized spacial score (nSPS) is 10.1. The molecule has 0 radical (unpaired) electrons. The minimum Gasteiger partial charge on any atom is -0.422 e. The van der Waals surface area contributed by atoms with Crippen LogP contribution in [0.5, 0.6) is 11.5 Å². The maximum absolute atomic E-state index is 12.6. The van der Waals surface area contributed by atoms with Gasteiger partial charge in [-0.05, 0) is 60.7 Å². The molecule has 4 aromatic rings. The first-order valence-corrected chi connectivity index (χ1v) is 9.68. The predicted octanol–water partition coefficient (Wildman–Crippen LogP) is 5.24. The highest BCUT2D eigenvalue weighted by Crippen LogP contribution is 2.33. The summed E-state index contributed by atoms with van der Waals surface area (Å²) < 4.78 is 11.2. The third-order valence-corrected chi connectivity index (χ3v) is 4.82. The molecule has 0 heterocycles. The van der Waals surface area contributed by atoms with Crippen LogP contribution in [0.1, 0.15) is 31.8 Å². The summed E-state index contributed by atoms with van der Waals surface area (Å²) in [6.07, 6.45) is 10.7. The average Bonchev–Trinajstić information content (AvgIpc) is 2.84. The van der Waals surface area contributed by atoms with E-state index in [1.807, 2.05) is 0 Å². The molecule has 0 aliphatic heterocycles. The highest BCUT2D eigenvalue weighted by Gasteiger charge is 2.15. The largest absolute Gasteiger partial charge is 0.422 e. The number of hydrogen-bond acceptors (Lipinski definition) is 4. The van der Waals surface area contributed by atoms with Gasteiger partial charge in [0.25, 0.3) is 0 Å². The zero-order valence-electron chi connectivity index (χ0n) is 16.9. The Hall–Kier alpha value is -4.80. The summed E-state index contributed by atoms with van der Waals surface area (Å²) >= 11 is 0. The fourth-order valence-electron chi connectivity index (χ4n) is 3.15. The van der Waals surface area contributed by atoms with E-state index in [1.165, 1.54) is 0 Å². The van der Waals surface area contributed by atoms with Crippen LogP contribution in [0.25, 0.3) is 10.8 Å². The van der Waals surface area contributed by atoms with Gasteiger partial charge in [0.15, 0.2) is 0 Å². The molecule has 0 aliphatic carbocycles. The molecule has 0 spiro atoms. The number of carbonyl (C=O) groups is 2. The molecule has 4 aromatic carbocycles. The van der Waals surface area contributed by atoms with Gasteiger partial charge in [-0.25, -0.2) is 9.59 Å². The van der Waals surface area contributed by atoms with Gasteiger partial charge in [0.2, 0.25) is 0 Å². The Morgan fingerprint density at radius 2 is 0.938 bits per heavy atom. The minimum absolute atomic E-state index is 0.352. The van der Waals surface area contributed by atoms with Gasteiger partial charge >= 0.3 is 11.9 Å². The summed E-state index contributed by atoms with van der Waals surface area (Å²) in [7, 11) is 0. The number of rotatable bonds is 4. The lowest BCUT2D eigenvalue weighted by Crippen LogP contribution is -2.10. The van der Waals surface area contributed by atoms with Crippen molar-refractivity contribution < 1.29 is 19.1 Å². The topological polar surface area (TPSA) is 52.6 Å². The molecule has 0 amide bonds. The summed E-state index contributed by atoms with van der Waals surface area (Å²) in [6, 6.07) is 23.5. The van der Waals surface area contributed by atoms with E-state index >= 15 is 0 Å². The first-order valence-electron chi connectivity index (χ1n) is 9.68. The van der Waals surface area contributed by atoms with E-state index in [9.17, 15) is 9.59 Å². The van der Waals surface area contributed by atoms with Crippen LogP contribution in [0.3, 0.4) is 0 Å². The van der Waals surface area contributed by atoms with Crippen molar-refractivity contribution in [2.75, 3.05) is 0 Å². The van der Waals surface area contributed by atoms with Crippen LogP contribution < -0.4 is 9.47 Å². The third kappa shape index (κ3) is 4.21. The lowest BCUT2D eigenvalue weighted by molar-refractivity contribution is 0.0725. The van der Waals surface area contributed by atoms with Crippen LogP contribution >= 0.6 is 0 Å². The van der Waals surface area contributed by atoms with Crippen molar-refractivity contribution in [3.05, 3.63) is 107 Å². The van der Waals surface area contributed by atoms with Crippen molar-refractivity contribution in [2.45, 2.75) is 0 Å². The first-order chi connectivity index (χ1) is 15.6. The van der Waals surface area contributed by atoms with Crippen LogP contribution in [0.4, 0.5) is 0 Å². The average molecular weight is 416 g/mol. The number of terminal acetylenes is 2. The maximum atomic E-state index is 12.6. The number of benzene rings is 4. The molecule has 0 saturated heterocycles. The molecule has 0 unspecified atom stereocenters. The van der Waals surface area contributed by atoms with Gasteiger partial charge in [0.1, 0.15) is 11.5 Å². The number of esters is 2. The molecular weight excluding hydrogens is 400 g/mol. The number of carbonyl (C=O) groups excluding carboxylic acids is 2. The van der Waals surface area contributed by atoms with Crippen molar-refractivity contribution in [1.82, 2.24) is 0 Å². The Balaban J connectivity index is 1.60. The molecule has 0 aliphatic rings. The van der Waals surface area contributed by atoms with Crippen molar-refractivity contribution >= 4 is 22.7 Å². The Labute approximate surface area is 185 Å². The molecule has 4 nitrogen and oxygen atoms in total. The summed E-state index contributed by atoms with van der Waals surface area (Å²) in [5.41, 5.74) is 2.09. The van der Waals surface area contributed by atoms with Crippen molar-refractivity contribution in [3.63, 3.8) is 0 Å². The molecule has 0 fully saturated rings. The second kappa shape index (κ2) is 8.92. The van der Waals surface area contributed by atoms with E-state index < -0.39 is 11.9 Å². The standard InChI is InChI=1S/C28H16O4/c1-3-19-11-15-21(16-12-19)27(29)31-25-9-5-8-24-23(25)7-6-10-26(24)32-28(30)22-17-13-20(4-2)14-18-22/h1-2,5-18H. The summed E-state index contributed by atoms with van der Waals surface area (Å²) in [6.45, 7) is 0. The predicted molar refractivity (Wildman–Crippen MR) is 123 cm³/mol. The van der Waals surface area contributed by atoms with Crippen molar-refractivity contribution in [3.8, 4) is 36.2 Å². The van der Waals surface area contributed by atoms with Crippen LogP contribution in [0, 0.1) is 24.7 Å². The molecule has 0 bridgehead atoms. The summed E-state index contributed by atoms with van der Waals surface area (Å²) in [5, 5.41) is 1.27. The third-order valence-electron chi connectivity index (χ3n) is 4.82. The van der Waals surface area contributed by atoms with Gasteiger partial charge in [0.05, 0.1) is 11.1 Å². The van der Waals surface area contributed by atoms with Crippen LogP contribution in [0.15, 0.2) is 84.9 Å². The van der Waals surface area contributed by atoms with Gasteiger partial charge in [0, 0.05) is 21.9 Å². The summed E-state index contributed by atoms with van der Waals surface area (Å²) in [4.78, 5) is 25.2. The molecule has 152 valence electrons. The van der Waals surface area contributed by atoms with Crippen molar-refractivity contribution in [1.29, 1.82) is 0 Å². The number of hydrogen-bond donors (Lipinski definition) is 0. The smallest absolute Gasteiger partial charge is 0.343 e. The Morgan fingerprint density at radius 1 is 0.562 bits per heavy atom. The molecule has 4 rings (SSSR count). The van der Waals surface area contributed by atoms with Gasteiger partial charge in [-0.2, -0.15) is 0 Å². The Bertz CT molecular complexity index is 1290. The number of ether oxygens (including phenoxy) is 2. The molecule has 0 atom stereocenters. The second-order valence-corrected chi connectivity index (χ2v) is 6.83. The zero-order chi connectivity index (χ0) is 22.5. The van der Waals surface area contributed by atoms with Crippen molar-refractivity contribution in [2.24, 2.45) is 0 Å².